The Morgan fingerprint density at radius 3 is 2.30 bits per heavy atom. The number of phenols is 1. The lowest BCUT2D eigenvalue weighted by Gasteiger charge is -2.24. The van der Waals surface area contributed by atoms with Gasteiger partial charge in [0, 0.05) is 24.1 Å². The predicted molar refractivity (Wildman–Crippen MR) is 170 cm³/mol. The van der Waals surface area contributed by atoms with Crippen molar-refractivity contribution in [3.05, 3.63) is 64.7 Å². The molecular formula is C35H44F7NO3S. The van der Waals surface area contributed by atoms with Gasteiger partial charge in [-0.15, -0.1) is 0 Å². The van der Waals surface area contributed by atoms with E-state index in [0.29, 0.717) is 24.8 Å². The van der Waals surface area contributed by atoms with Crippen LogP contribution in [0.1, 0.15) is 100 Å². The van der Waals surface area contributed by atoms with Gasteiger partial charge in [-0.25, -0.2) is 17.2 Å². The van der Waals surface area contributed by atoms with Crippen LogP contribution < -0.4 is 0 Å². The zero-order chi connectivity index (χ0) is 34.2. The summed E-state index contributed by atoms with van der Waals surface area (Å²) in [6, 6.07) is 9.22. The molecule has 0 amide bonds. The summed E-state index contributed by atoms with van der Waals surface area (Å²) >= 11 is 0. The third-order valence-electron chi connectivity index (χ3n) is 9.38. The van der Waals surface area contributed by atoms with Crippen molar-refractivity contribution in [2.24, 2.45) is 0 Å². The fraction of sp³-hybridized carbons (Fsp3) is 0.600. The van der Waals surface area contributed by atoms with Crippen LogP contribution in [0.5, 0.6) is 5.75 Å². The van der Waals surface area contributed by atoms with E-state index in [1.165, 1.54) is 12.1 Å². The number of hydrogen-bond acceptors (Lipinski definition) is 4. The molecule has 0 bridgehead atoms. The Morgan fingerprint density at radius 2 is 1.55 bits per heavy atom. The maximum atomic E-state index is 14.9. The zero-order valence-electron chi connectivity index (χ0n) is 26.5. The fourth-order valence-corrected chi connectivity index (χ4v) is 8.35. The second-order valence-corrected chi connectivity index (χ2v) is 15.2. The maximum absolute atomic E-state index is 14.9. The van der Waals surface area contributed by atoms with E-state index in [9.17, 15) is 44.3 Å². The molecule has 1 saturated heterocycles. The number of alkyl halides is 5. The van der Waals surface area contributed by atoms with Crippen LogP contribution in [0, 0.1) is 11.6 Å². The van der Waals surface area contributed by atoms with E-state index >= 15 is 0 Å². The Hall–Kier alpha value is -2.60. The third kappa shape index (κ3) is 10.4. The number of phenolic OH excluding ortho intramolecular Hbond substituents is 1. The van der Waals surface area contributed by atoms with Crippen LogP contribution in [0.25, 0.3) is 11.1 Å². The van der Waals surface area contributed by atoms with Crippen molar-refractivity contribution in [1.82, 2.24) is 4.90 Å². The third-order valence-corrected chi connectivity index (χ3v) is 11.2. The molecule has 1 aliphatic heterocycles. The minimum atomic E-state index is -5.68. The number of aromatic hydroxyl groups is 1. The van der Waals surface area contributed by atoms with Crippen molar-refractivity contribution in [2.45, 2.75) is 108 Å². The number of sulfone groups is 1. The highest BCUT2D eigenvalue weighted by Crippen LogP contribution is 2.41. The summed E-state index contributed by atoms with van der Waals surface area (Å²) in [5.41, 5.74) is 4.35. The zero-order valence-corrected chi connectivity index (χ0v) is 27.4. The number of hydrogen-bond donors (Lipinski definition) is 1. The largest absolute Gasteiger partial charge is 0.508 e. The molecule has 0 saturated carbocycles. The van der Waals surface area contributed by atoms with Gasteiger partial charge >= 0.3 is 12.1 Å². The van der Waals surface area contributed by atoms with E-state index < -0.39 is 52.2 Å². The topological polar surface area (TPSA) is 57.6 Å². The quantitative estimate of drug-likeness (QED) is 0.141. The molecule has 0 spiro atoms. The average molecular weight is 692 g/mol. The summed E-state index contributed by atoms with van der Waals surface area (Å²) < 4.78 is 116. The molecule has 47 heavy (non-hydrogen) atoms. The van der Waals surface area contributed by atoms with Crippen LogP contribution in [0.15, 0.2) is 36.4 Å². The molecule has 262 valence electrons. The minimum Gasteiger partial charge on any atom is -0.508 e. The number of rotatable bonds is 16. The molecule has 1 N–H and O–H groups in total. The first kappa shape index (κ1) is 37.2. The van der Waals surface area contributed by atoms with Gasteiger partial charge in [0.1, 0.15) is 27.2 Å². The van der Waals surface area contributed by atoms with Crippen molar-refractivity contribution in [3.8, 4) is 5.75 Å². The van der Waals surface area contributed by atoms with Gasteiger partial charge in [-0.1, -0.05) is 18.9 Å². The van der Waals surface area contributed by atoms with Gasteiger partial charge in [0.2, 0.25) is 0 Å². The van der Waals surface area contributed by atoms with Gasteiger partial charge in [-0.2, -0.15) is 22.0 Å². The highest BCUT2D eigenvalue weighted by Gasteiger charge is 2.56. The second-order valence-electron chi connectivity index (χ2n) is 12.9. The summed E-state index contributed by atoms with van der Waals surface area (Å²) in [4.78, 5) is 2.35. The fourth-order valence-electron chi connectivity index (χ4n) is 6.95. The van der Waals surface area contributed by atoms with Crippen LogP contribution in [0.4, 0.5) is 30.7 Å². The van der Waals surface area contributed by atoms with Gasteiger partial charge < -0.3 is 10.0 Å². The summed E-state index contributed by atoms with van der Waals surface area (Å²) in [6.07, 6.45) is 1.60. The standard InChI is InChI=1S/C35H44F7NO3S/c36-26-14-16-32(33(37)24-26)31-13-5-9-25-23-28(44)15-17-29(25)30(31)12-3-1-2-4-19-43-20-6-10-27(43)11-7-21-47(45,46)22-8-18-34(38,39)35(40,41)42/h14-17,23-24,27,44H,1-13,18-22H2/t27-/m1/s1. The first-order valence-corrected chi connectivity index (χ1v) is 18.4. The Labute approximate surface area is 273 Å². The molecule has 2 aliphatic rings. The van der Waals surface area contributed by atoms with Crippen LogP contribution in [0.2, 0.25) is 0 Å². The molecule has 1 atom stereocenters. The van der Waals surface area contributed by atoms with Crippen LogP contribution in [0.3, 0.4) is 0 Å². The lowest BCUT2D eigenvalue weighted by atomic mass is 9.88. The van der Waals surface area contributed by atoms with Gasteiger partial charge in [0.25, 0.3) is 0 Å². The molecule has 2 aromatic rings. The molecule has 0 aromatic heterocycles. The number of halogens is 7. The first-order chi connectivity index (χ1) is 22.2. The second kappa shape index (κ2) is 16.2. The minimum absolute atomic E-state index is 0.188. The number of fused-ring (bicyclic) bond motifs is 1. The van der Waals surface area contributed by atoms with Crippen LogP contribution >= 0.6 is 0 Å². The number of nitrogens with zero attached hydrogens (tertiary/aromatic N) is 1. The number of likely N-dealkylation sites (tertiary alicyclic amines) is 1. The normalized spacial score (nSPS) is 18.1. The smallest absolute Gasteiger partial charge is 0.453 e. The van der Waals surface area contributed by atoms with Gasteiger partial charge in [0.05, 0.1) is 11.5 Å². The number of aryl methyl sites for hydroxylation is 1. The summed E-state index contributed by atoms with van der Waals surface area (Å²) in [5, 5.41) is 10.1. The molecule has 0 radical (unpaired) electrons. The van der Waals surface area contributed by atoms with Crippen LogP contribution in [-0.4, -0.2) is 61.2 Å². The highest BCUT2D eigenvalue weighted by atomic mass is 32.2. The van der Waals surface area contributed by atoms with Gasteiger partial charge in [0.15, 0.2) is 0 Å². The monoisotopic (exact) mass is 691 g/mol. The maximum Gasteiger partial charge on any atom is 0.453 e. The molecule has 12 heteroatoms. The van der Waals surface area contributed by atoms with E-state index in [1.807, 2.05) is 6.07 Å². The number of allylic oxidation sites excluding steroid dienone is 2. The molecule has 4 nitrogen and oxygen atoms in total. The molecule has 4 rings (SSSR count). The number of benzene rings is 2. The summed E-state index contributed by atoms with van der Waals surface area (Å²) in [5.74, 6) is -6.81. The first-order valence-electron chi connectivity index (χ1n) is 16.6. The predicted octanol–water partition coefficient (Wildman–Crippen LogP) is 9.51. The molecular weight excluding hydrogens is 647 g/mol. The average Bonchev–Trinajstić information content (AvgIpc) is 3.34. The Balaban J connectivity index is 1.24. The lowest BCUT2D eigenvalue weighted by molar-refractivity contribution is -0.284. The molecule has 1 fully saturated rings. The highest BCUT2D eigenvalue weighted by molar-refractivity contribution is 7.91. The van der Waals surface area contributed by atoms with Crippen molar-refractivity contribution in [1.29, 1.82) is 0 Å². The van der Waals surface area contributed by atoms with Crippen molar-refractivity contribution in [2.75, 3.05) is 24.6 Å². The summed E-state index contributed by atoms with van der Waals surface area (Å²) in [7, 11) is -3.72. The van der Waals surface area contributed by atoms with E-state index in [0.717, 1.165) is 99.2 Å². The van der Waals surface area contributed by atoms with Crippen LogP contribution in [-0.2, 0) is 16.3 Å². The molecule has 2 aromatic carbocycles. The Morgan fingerprint density at radius 1 is 0.830 bits per heavy atom. The van der Waals surface area contributed by atoms with E-state index in [4.69, 9.17) is 0 Å². The molecule has 0 unspecified atom stereocenters. The Bertz CT molecular complexity index is 1490. The summed E-state index contributed by atoms with van der Waals surface area (Å²) in [6.45, 7) is 1.77. The van der Waals surface area contributed by atoms with E-state index in [1.54, 1.807) is 12.1 Å². The number of unbranched alkanes of at least 4 members (excludes halogenated alkanes) is 3. The lowest BCUT2D eigenvalue weighted by Crippen LogP contribution is -2.36. The van der Waals surface area contributed by atoms with Crippen molar-refractivity contribution < 1.29 is 44.3 Å². The Kier molecular flexibility index (Phi) is 12.8. The van der Waals surface area contributed by atoms with E-state index in [2.05, 4.69) is 4.90 Å². The van der Waals surface area contributed by atoms with Gasteiger partial charge in [-0.05, 0) is 130 Å². The van der Waals surface area contributed by atoms with Gasteiger partial charge in [-0.3, -0.25) is 0 Å². The SMILES string of the molecule is O=S(=O)(CCC[C@H]1CCCN1CCCCCCC1=C(c2ccc(F)cc2F)CCCc2cc(O)ccc21)CCCC(F)(F)C(F)(F)F. The van der Waals surface area contributed by atoms with Crippen molar-refractivity contribution in [3.63, 3.8) is 0 Å². The molecule has 1 aliphatic carbocycles. The molecule has 1 heterocycles. The van der Waals surface area contributed by atoms with E-state index in [-0.39, 0.29) is 17.5 Å². The van der Waals surface area contributed by atoms with Crippen molar-refractivity contribution >= 4 is 21.0 Å².